The molecular weight excluding hydrogens is 309 g/mol. The van der Waals surface area contributed by atoms with Gasteiger partial charge >= 0.3 is 0 Å². The summed E-state index contributed by atoms with van der Waals surface area (Å²) in [5.74, 6) is -0.908. The predicted octanol–water partition coefficient (Wildman–Crippen LogP) is 1.42. The zero-order chi connectivity index (χ0) is 14.9. The van der Waals surface area contributed by atoms with Gasteiger partial charge in [0.25, 0.3) is 5.91 Å². The summed E-state index contributed by atoms with van der Waals surface area (Å²) in [5.41, 5.74) is 7.87. The molecule has 0 aliphatic carbocycles. The summed E-state index contributed by atoms with van der Waals surface area (Å²) in [6.07, 6.45) is -1.11. The van der Waals surface area contributed by atoms with Crippen LogP contribution in [0.1, 0.15) is 17.3 Å². The Balaban J connectivity index is 2.03. The predicted molar refractivity (Wildman–Crippen MR) is 72.6 cm³/mol. The number of phenols is 1. The van der Waals surface area contributed by atoms with Crippen molar-refractivity contribution < 1.29 is 19.4 Å². The first kappa shape index (κ1) is 14.9. The molecule has 9 heteroatoms. The maximum atomic E-state index is 11.8. The molecule has 0 aromatic heterocycles. The smallest absolute Gasteiger partial charge is 0.271 e. The van der Waals surface area contributed by atoms with Crippen LogP contribution in [0.15, 0.2) is 17.2 Å². The Morgan fingerprint density at radius 2 is 1.95 bits per heavy atom. The molecule has 20 heavy (non-hydrogen) atoms. The lowest BCUT2D eigenvalue weighted by Crippen LogP contribution is -2.48. The first-order chi connectivity index (χ1) is 9.38. The molecule has 0 unspecified atom stereocenters. The zero-order valence-electron chi connectivity index (χ0n) is 10.3. The number of amides is 1. The van der Waals surface area contributed by atoms with Gasteiger partial charge in [0.2, 0.25) is 6.29 Å². The van der Waals surface area contributed by atoms with Gasteiger partial charge in [0, 0.05) is 5.56 Å². The first-order valence-corrected chi connectivity index (χ1v) is 6.26. The standard InChI is InChI=1S/C11H11Cl2N3O4/c1-4-19-11(20-4)9(14)15-16-10(18)5-2-6(12)8(17)7(13)3-5/h2-4,11,17H,1H3,(H2,14,15)(H,16,18). The van der Waals surface area contributed by atoms with Gasteiger partial charge in [-0.05, 0) is 19.1 Å². The van der Waals surface area contributed by atoms with Crippen molar-refractivity contribution in [3.05, 3.63) is 27.7 Å². The molecule has 0 spiro atoms. The second-order valence-electron chi connectivity index (χ2n) is 3.94. The van der Waals surface area contributed by atoms with Gasteiger partial charge < -0.3 is 20.3 Å². The topological polar surface area (TPSA) is 106 Å². The molecule has 0 radical (unpaired) electrons. The van der Waals surface area contributed by atoms with Gasteiger partial charge in [-0.25, -0.2) is 5.43 Å². The molecule has 0 atom stereocenters. The second-order valence-corrected chi connectivity index (χ2v) is 4.75. The van der Waals surface area contributed by atoms with E-state index in [0.717, 1.165) is 0 Å². The van der Waals surface area contributed by atoms with Crippen LogP contribution in [0.2, 0.25) is 10.0 Å². The third-order valence-electron chi connectivity index (χ3n) is 2.44. The lowest BCUT2D eigenvalue weighted by Gasteiger charge is -2.32. The van der Waals surface area contributed by atoms with E-state index < -0.39 is 12.2 Å². The van der Waals surface area contributed by atoms with Crippen LogP contribution in [-0.2, 0) is 9.47 Å². The fourth-order valence-electron chi connectivity index (χ4n) is 1.43. The number of amidine groups is 1. The molecular formula is C11H11Cl2N3O4. The SMILES string of the molecule is CC1OC(/C(N)=N/NC(=O)c2cc(Cl)c(O)c(Cl)c2)O1. The Morgan fingerprint density at radius 3 is 2.45 bits per heavy atom. The van der Waals surface area contributed by atoms with Crippen molar-refractivity contribution in [1.29, 1.82) is 0 Å². The van der Waals surface area contributed by atoms with E-state index in [1.165, 1.54) is 12.1 Å². The van der Waals surface area contributed by atoms with Crippen molar-refractivity contribution in [2.24, 2.45) is 10.8 Å². The van der Waals surface area contributed by atoms with Crippen molar-refractivity contribution in [3.8, 4) is 5.75 Å². The summed E-state index contributed by atoms with van der Waals surface area (Å²) in [6, 6.07) is 2.50. The Bertz CT molecular complexity index is 550. The Kier molecular flexibility index (Phi) is 4.34. The number of hydrazone groups is 1. The number of nitrogens with one attached hydrogen (secondary N) is 1. The van der Waals surface area contributed by atoms with E-state index in [-0.39, 0.29) is 33.5 Å². The molecule has 108 valence electrons. The fourth-order valence-corrected chi connectivity index (χ4v) is 1.91. The molecule has 1 amide bonds. The number of ether oxygens (including phenoxy) is 2. The highest BCUT2D eigenvalue weighted by atomic mass is 35.5. The van der Waals surface area contributed by atoms with Crippen LogP contribution in [0.3, 0.4) is 0 Å². The molecule has 2 rings (SSSR count). The number of carbonyl (C=O) groups excluding carboxylic acids is 1. The molecule has 1 aliphatic heterocycles. The number of carbonyl (C=O) groups is 1. The van der Waals surface area contributed by atoms with Gasteiger partial charge in [-0.2, -0.15) is 5.10 Å². The lowest BCUT2D eigenvalue weighted by atomic mass is 10.2. The third kappa shape index (κ3) is 3.13. The van der Waals surface area contributed by atoms with Crippen LogP contribution in [0, 0.1) is 0 Å². The van der Waals surface area contributed by atoms with Crippen LogP contribution in [0.25, 0.3) is 0 Å². The maximum Gasteiger partial charge on any atom is 0.271 e. The van der Waals surface area contributed by atoms with Crippen LogP contribution in [0.5, 0.6) is 5.75 Å². The van der Waals surface area contributed by atoms with Crippen molar-refractivity contribution >= 4 is 34.9 Å². The lowest BCUT2D eigenvalue weighted by molar-refractivity contribution is -0.345. The highest BCUT2D eigenvalue weighted by Gasteiger charge is 2.30. The highest BCUT2D eigenvalue weighted by molar-refractivity contribution is 6.37. The number of nitrogens with two attached hydrogens (primary N) is 1. The Hall–Kier alpha value is -1.54. The minimum absolute atomic E-state index is 0.0209. The van der Waals surface area contributed by atoms with Crippen molar-refractivity contribution in [2.45, 2.75) is 19.5 Å². The van der Waals surface area contributed by atoms with Gasteiger partial charge in [0.15, 0.2) is 17.9 Å². The number of hydrogen-bond acceptors (Lipinski definition) is 5. The van der Waals surface area contributed by atoms with Gasteiger partial charge in [0.1, 0.15) is 0 Å². The first-order valence-electron chi connectivity index (χ1n) is 5.51. The summed E-state index contributed by atoms with van der Waals surface area (Å²) in [4.78, 5) is 11.8. The quantitative estimate of drug-likeness (QED) is 0.444. The van der Waals surface area contributed by atoms with E-state index in [4.69, 9.17) is 38.4 Å². The van der Waals surface area contributed by atoms with Crippen molar-refractivity contribution in [2.75, 3.05) is 0 Å². The molecule has 1 saturated heterocycles. The normalized spacial score (nSPS) is 22.2. The number of hydrogen-bond donors (Lipinski definition) is 3. The van der Waals surface area contributed by atoms with Crippen LogP contribution < -0.4 is 11.2 Å². The van der Waals surface area contributed by atoms with Gasteiger partial charge in [-0.15, -0.1) is 0 Å². The van der Waals surface area contributed by atoms with E-state index >= 15 is 0 Å². The second kappa shape index (κ2) is 5.84. The number of nitrogens with zero attached hydrogens (tertiary/aromatic N) is 1. The maximum absolute atomic E-state index is 11.8. The monoisotopic (exact) mass is 319 g/mol. The number of rotatable bonds is 3. The third-order valence-corrected chi connectivity index (χ3v) is 3.01. The van der Waals surface area contributed by atoms with Crippen molar-refractivity contribution in [1.82, 2.24) is 5.43 Å². The zero-order valence-corrected chi connectivity index (χ0v) is 11.8. The molecule has 7 nitrogen and oxygen atoms in total. The average molecular weight is 320 g/mol. The molecule has 1 heterocycles. The number of phenolic OH excluding ortho intramolecular Hbond substituents is 1. The molecule has 1 aromatic carbocycles. The van der Waals surface area contributed by atoms with Gasteiger partial charge in [0.05, 0.1) is 10.0 Å². The summed E-state index contributed by atoms with van der Waals surface area (Å²) < 4.78 is 10.2. The van der Waals surface area contributed by atoms with E-state index in [1.54, 1.807) is 6.92 Å². The summed E-state index contributed by atoms with van der Waals surface area (Å²) in [7, 11) is 0. The number of aromatic hydroxyl groups is 1. The van der Waals surface area contributed by atoms with Crippen LogP contribution in [-0.4, -0.2) is 29.4 Å². The van der Waals surface area contributed by atoms with E-state index in [9.17, 15) is 9.90 Å². The van der Waals surface area contributed by atoms with E-state index in [1.807, 2.05) is 0 Å². The van der Waals surface area contributed by atoms with Gasteiger partial charge in [-0.3, -0.25) is 4.79 Å². The molecule has 4 N–H and O–H groups in total. The highest BCUT2D eigenvalue weighted by Crippen LogP contribution is 2.32. The molecule has 1 aliphatic rings. The number of halogens is 2. The largest absolute Gasteiger partial charge is 0.505 e. The summed E-state index contributed by atoms with van der Waals surface area (Å²) in [5, 5.41) is 12.9. The minimum atomic E-state index is -0.766. The van der Waals surface area contributed by atoms with Crippen LogP contribution >= 0.6 is 23.2 Å². The Morgan fingerprint density at radius 1 is 1.40 bits per heavy atom. The van der Waals surface area contributed by atoms with E-state index in [2.05, 4.69) is 10.5 Å². The van der Waals surface area contributed by atoms with Crippen LogP contribution in [0.4, 0.5) is 0 Å². The molecule has 1 aromatic rings. The minimum Gasteiger partial charge on any atom is -0.505 e. The van der Waals surface area contributed by atoms with E-state index in [0.29, 0.717) is 0 Å². The molecule has 0 saturated carbocycles. The average Bonchev–Trinajstić information content (AvgIpc) is 2.37. The van der Waals surface area contributed by atoms with Crippen molar-refractivity contribution in [3.63, 3.8) is 0 Å². The van der Waals surface area contributed by atoms with Gasteiger partial charge in [-0.1, -0.05) is 23.2 Å². The number of benzene rings is 1. The Labute approximate surface area is 124 Å². The molecule has 1 fully saturated rings. The fraction of sp³-hybridized carbons (Fsp3) is 0.273. The summed E-state index contributed by atoms with van der Waals surface area (Å²) >= 11 is 11.4. The summed E-state index contributed by atoms with van der Waals surface area (Å²) in [6.45, 7) is 1.70. The molecule has 0 bridgehead atoms.